The summed E-state index contributed by atoms with van der Waals surface area (Å²) in [7, 11) is 0. The Balaban J connectivity index is 0.000000179. The summed E-state index contributed by atoms with van der Waals surface area (Å²) in [6.45, 7) is 2.23. The topological polar surface area (TPSA) is 265 Å². The largest absolute Gasteiger partial charge is 0.507 e. The minimum absolute atomic E-state index is 0.0154. The molecule has 0 saturated carbocycles. The molecule has 6 aromatic carbocycles. The van der Waals surface area contributed by atoms with Crippen LogP contribution in [-0.4, -0.2) is 44.1 Å². The molecule has 4 aromatic heterocycles. The molecule has 0 fully saturated rings. The van der Waals surface area contributed by atoms with Gasteiger partial charge in [0.15, 0.2) is 23.0 Å². The summed E-state index contributed by atoms with van der Waals surface area (Å²) >= 11 is 0. The van der Waals surface area contributed by atoms with Crippen molar-refractivity contribution in [1.82, 2.24) is 0 Å². The van der Waals surface area contributed by atoms with E-state index in [0.29, 0.717) is 12.0 Å². The number of ether oxygens (including phenoxy) is 1. The number of aromatic hydroxyl groups is 4. The van der Waals surface area contributed by atoms with Gasteiger partial charge in [0.05, 0.1) is 62.2 Å². The van der Waals surface area contributed by atoms with Gasteiger partial charge in [-0.05, 0) is 72.1 Å². The summed E-state index contributed by atoms with van der Waals surface area (Å²) < 4.78 is 27.2. The minimum Gasteiger partial charge on any atom is -0.507 e. The van der Waals surface area contributed by atoms with E-state index in [-0.39, 0.29) is 89.4 Å². The van der Waals surface area contributed by atoms with Crippen molar-refractivity contribution < 1.29 is 57.5 Å². The van der Waals surface area contributed by atoms with Crippen LogP contribution >= 0.6 is 0 Å². The quantitative estimate of drug-likeness (QED) is 0.0459. The van der Waals surface area contributed by atoms with Crippen LogP contribution in [0.4, 0.5) is 0 Å². The number of fused-ring (bicyclic) bond motifs is 4. The Morgan fingerprint density at radius 3 is 1.49 bits per heavy atom. The van der Waals surface area contributed by atoms with Gasteiger partial charge in [0.25, 0.3) is 0 Å². The predicted octanol–water partition coefficient (Wildman–Crippen LogP) is 9.64. The predicted molar refractivity (Wildman–Crippen MR) is 264 cm³/mol. The van der Waals surface area contributed by atoms with Crippen LogP contribution in [0.1, 0.15) is 86.1 Å². The third kappa shape index (κ3) is 8.68. The van der Waals surface area contributed by atoms with Crippen molar-refractivity contribution in [3.8, 4) is 23.0 Å². The Labute approximate surface area is 405 Å². The van der Waals surface area contributed by atoms with Crippen molar-refractivity contribution >= 4 is 55.4 Å². The van der Waals surface area contributed by atoms with Crippen molar-refractivity contribution in [2.75, 3.05) is 6.61 Å². The molecule has 2 atom stereocenters. The van der Waals surface area contributed by atoms with Crippen molar-refractivity contribution in [3.63, 3.8) is 0 Å². The van der Waals surface area contributed by atoms with Crippen molar-refractivity contribution in [3.05, 3.63) is 232 Å². The Morgan fingerprint density at radius 2 is 0.958 bits per heavy atom. The van der Waals surface area contributed by atoms with Gasteiger partial charge >= 0.3 is 34.4 Å². The van der Waals surface area contributed by atoms with E-state index in [9.17, 15) is 54.3 Å². The molecular formula is C56H40O16. The Hall–Kier alpha value is -9.70. The highest BCUT2D eigenvalue weighted by Crippen LogP contribution is 2.45. The zero-order valence-corrected chi connectivity index (χ0v) is 37.9. The second-order valence-electron chi connectivity index (χ2n) is 16.5. The number of unbranched alkanes of at least 4 members (excludes halogenated alkanes) is 1. The number of para-hydroxylation sites is 2. The van der Waals surface area contributed by atoms with Crippen LogP contribution in [0.15, 0.2) is 182 Å². The highest BCUT2D eigenvalue weighted by molar-refractivity contribution is 5.93. The molecule has 0 saturated heterocycles. The Bertz CT molecular complexity index is 4010. The lowest BCUT2D eigenvalue weighted by Gasteiger charge is -2.20. The zero-order chi connectivity index (χ0) is 50.8. The SMILES string of the molecule is CCCCOC(=O)c1cccc(C(c2oc(=O)c3ccccc3c2O)c2c(O)c3ccccc3oc2=O)c1.O=C(O)c1ccccc1C(c1oc(=O)c2ccccc2c1O)c1c(O)c2ccccc2oc1=O. The zero-order valence-electron chi connectivity index (χ0n) is 37.9. The first-order valence-electron chi connectivity index (χ1n) is 22.4. The molecule has 2 unspecified atom stereocenters. The van der Waals surface area contributed by atoms with E-state index in [0.717, 1.165) is 6.42 Å². The molecule has 10 aromatic rings. The number of rotatable bonds is 11. The van der Waals surface area contributed by atoms with Crippen molar-refractivity contribution in [2.24, 2.45) is 0 Å². The third-order valence-corrected chi connectivity index (χ3v) is 12.1. The van der Waals surface area contributed by atoms with Gasteiger partial charge in [-0.3, -0.25) is 0 Å². The van der Waals surface area contributed by atoms with Gasteiger partial charge in [-0.1, -0.05) is 104 Å². The molecule has 10 rings (SSSR count). The number of esters is 1. The normalized spacial score (nSPS) is 12.1. The fourth-order valence-electron chi connectivity index (χ4n) is 8.66. The smallest absolute Gasteiger partial charge is 0.344 e. The molecule has 0 spiro atoms. The summed E-state index contributed by atoms with van der Waals surface area (Å²) in [5.41, 5.74) is -3.47. The molecule has 16 nitrogen and oxygen atoms in total. The number of hydrogen-bond acceptors (Lipinski definition) is 15. The van der Waals surface area contributed by atoms with Crippen LogP contribution in [0.5, 0.6) is 23.0 Å². The maximum atomic E-state index is 13.3. The number of benzene rings is 6. The van der Waals surface area contributed by atoms with Gasteiger partial charge in [0.1, 0.15) is 22.7 Å². The molecule has 4 heterocycles. The summed E-state index contributed by atoms with van der Waals surface area (Å²) in [6, 6.07) is 37.1. The lowest BCUT2D eigenvalue weighted by atomic mass is 9.85. The molecule has 0 aliphatic heterocycles. The number of hydrogen-bond donors (Lipinski definition) is 5. The molecular weight excluding hydrogens is 929 g/mol. The van der Waals surface area contributed by atoms with Crippen molar-refractivity contribution in [1.29, 1.82) is 0 Å². The molecule has 5 N–H and O–H groups in total. The summed E-state index contributed by atoms with van der Waals surface area (Å²) in [6.07, 6.45) is 1.56. The first-order valence-corrected chi connectivity index (χ1v) is 22.4. The van der Waals surface area contributed by atoms with Crippen LogP contribution in [0, 0.1) is 0 Å². The Morgan fingerprint density at radius 1 is 0.500 bits per heavy atom. The van der Waals surface area contributed by atoms with Crippen LogP contribution in [0.3, 0.4) is 0 Å². The third-order valence-electron chi connectivity index (χ3n) is 12.1. The van der Waals surface area contributed by atoms with Gasteiger partial charge in [0.2, 0.25) is 0 Å². The summed E-state index contributed by atoms with van der Waals surface area (Å²) in [4.78, 5) is 76.8. The standard InChI is InChI=1S/C30H24O8.C26H16O8/c1-2-3-15-36-28(33)18-10-8-9-17(16-18)23(24-25(31)21-13-6-7-14-22(21)37-30(24)35)27-26(32)19-11-4-5-12-20(19)29(34)38-27;27-21-17-11-5-6-12-18(17)33-26(32)20(21)19(13-7-1-3-9-15(13)24(29)30)23-22(28)14-8-2-4-10-16(14)25(31)34-23/h4-14,16,23,31-32H,2-3,15H2,1H3;1-12,19,27-28H,(H,29,30). The first-order chi connectivity index (χ1) is 34.8. The van der Waals surface area contributed by atoms with Gasteiger partial charge in [-0.25, -0.2) is 28.8 Å². The molecule has 0 radical (unpaired) electrons. The molecule has 0 bridgehead atoms. The molecule has 0 aliphatic carbocycles. The Kier molecular flexibility index (Phi) is 13.0. The van der Waals surface area contributed by atoms with Gasteiger partial charge in [-0.2, -0.15) is 0 Å². The highest BCUT2D eigenvalue weighted by Gasteiger charge is 2.35. The van der Waals surface area contributed by atoms with Crippen LogP contribution in [0.25, 0.3) is 43.5 Å². The molecule has 0 aliphatic rings. The maximum absolute atomic E-state index is 13.3. The van der Waals surface area contributed by atoms with E-state index < -0.39 is 69.3 Å². The summed E-state index contributed by atoms with van der Waals surface area (Å²) in [5, 5.41) is 55.6. The number of carboxylic acids is 1. The van der Waals surface area contributed by atoms with E-state index in [4.69, 9.17) is 22.4 Å². The second-order valence-corrected chi connectivity index (χ2v) is 16.5. The minimum atomic E-state index is -1.47. The fourth-order valence-corrected chi connectivity index (χ4v) is 8.66. The first kappa shape index (κ1) is 47.4. The van der Waals surface area contributed by atoms with E-state index in [1.54, 1.807) is 78.9 Å². The van der Waals surface area contributed by atoms with Crippen LogP contribution < -0.4 is 22.5 Å². The van der Waals surface area contributed by atoms with E-state index in [1.165, 1.54) is 66.7 Å². The van der Waals surface area contributed by atoms with E-state index in [1.807, 2.05) is 6.92 Å². The van der Waals surface area contributed by atoms with Crippen LogP contribution in [-0.2, 0) is 4.74 Å². The lowest BCUT2D eigenvalue weighted by molar-refractivity contribution is 0.0499. The summed E-state index contributed by atoms with van der Waals surface area (Å²) in [5.74, 6) is -7.04. The molecule has 0 amide bonds. The molecule has 360 valence electrons. The fraction of sp³-hybridized carbons (Fsp3) is 0.107. The highest BCUT2D eigenvalue weighted by atomic mass is 16.5. The number of carboxylic acid groups (broad SMARTS) is 1. The van der Waals surface area contributed by atoms with Gasteiger partial charge in [-0.15, -0.1) is 0 Å². The van der Waals surface area contributed by atoms with Crippen molar-refractivity contribution in [2.45, 2.75) is 31.6 Å². The van der Waals surface area contributed by atoms with Crippen LogP contribution in [0.2, 0.25) is 0 Å². The molecule has 72 heavy (non-hydrogen) atoms. The van der Waals surface area contributed by atoms with Gasteiger partial charge in [0, 0.05) is 10.8 Å². The molecule has 16 heteroatoms. The average molecular weight is 969 g/mol. The van der Waals surface area contributed by atoms with Gasteiger partial charge < -0.3 is 47.9 Å². The van der Waals surface area contributed by atoms with E-state index >= 15 is 0 Å². The second kappa shape index (κ2) is 19.7. The number of carbonyl (C=O) groups excluding carboxylic acids is 1. The number of carbonyl (C=O) groups is 2. The average Bonchev–Trinajstić information content (AvgIpc) is 3.39. The maximum Gasteiger partial charge on any atom is 0.344 e. The van der Waals surface area contributed by atoms with E-state index in [2.05, 4.69) is 0 Å². The number of aromatic carboxylic acids is 1. The monoisotopic (exact) mass is 968 g/mol. The lowest BCUT2D eigenvalue weighted by Crippen LogP contribution is -2.19.